The number of hydrogen-bond donors (Lipinski definition) is 3. The topological polar surface area (TPSA) is 180 Å². The average Bonchev–Trinajstić information content (AvgIpc) is 3.14. The van der Waals surface area contributed by atoms with Crippen molar-refractivity contribution in [2.75, 3.05) is 33.2 Å². The molecular formula is C37H47N5O7S2. The molecule has 1 atom stereocenters. The van der Waals surface area contributed by atoms with Crippen molar-refractivity contribution < 1.29 is 32.7 Å². The Balaban J connectivity index is 0.000000781. The molecule has 0 bridgehead atoms. The maximum absolute atomic E-state index is 13.3. The number of amides is 2. The SMILES string of the molecule is C=C(S/C=C\C)C(=O)C(CCCCC(N)=NC)NC(=O)CN1CCN(S(=O)(=O)c2ccc3ccccc3c2)CC1=O.C=O.Cc1ccc(O)cc1. The summed E-state index contributed by atoms with van der Waals surface area (Å²) in [6, 6.07) is 18.6. The number of unbranched alkanes of at least 4 members (excludes halogenated alkanes) is 1. The zero-order valence-electron chi connectivity index (χ0n) is 29.3. The molecule has 1 unspecified atom stereocenters. The highest BCUT2D eigenvalue weighted by Gasteiger charge is 2.34. The number of amidine groups is 1. The lowest BCUT2D eigenvalue weighted by Crippen LogP contribution is -2.55. The predicted molar refractivity (Wildman–Crippen MR) is 204 cm³/mol. The van der Waals surface area contributed by atoms with E-state index in [0.29, 0.717) is 42.2 Å². The summed E-state index contributed by atoms with van der Waals surface area (Å²) in [5.74, 6) is -0.431. The zero-order valence-corrected chi connectivity index (χ0v) is 30.9. The van der Waals surface area contributed by atoms with E-state index in [0.717, 1.165) is 15.1 Å². The first-order chi connectivity index (χ1) is 24.3. The minimum Gasteiger partial charge on any atom is -0.508 e. The number of fused-ring (bicyclic) bond motifs is 1. The van der Waals surface area contributed by atoms with Gasteiger partial charge >= 0.3 is 0 Å². The van der Waals surface area contributed by atoms with Gasteiger partial charge < -0.3 is 25.9 Å². The quantitative estimate of drug-likeness (QED) is 0.0925. The largest absolute Gasteiger partial charge is 0.508 e. The van der Waals surface area contributed by atoms with Gasteiger partial charge in [-0.2, -0.15) is 4.31 Å². The highest BCUT2D eigenvalue weighted by atomic mass is 32.2. The molecule has 4 N–H and O–H groups in total. The molecule has 3 aromatic carbocycles. The standard InChI is InChI=1S/C29H37N5O5S2.C7H8O.CH2O/c1-4-17-40-21(2)29(37)25(11-7-8-12-26(30)31-3)32-27(35)19-33-15-16-34(20-28(33)36)41(38,39)24-14-13-22-9-5-6-10-23(22)18-24;1-6-2-4-7(8)5-3-6;1-2/h4-6,9-10,13-14,17-18,25H,2,7-8,11-12,15-16,19-20H2,1,3H3,(H2,30,31)(H,32,35);2-5,8H,1H3;1H2/b17-4-;;. The summed E-state index contributed by atoms with van der Waals surface area (Å²) < 4.78 is 27.7. The van der Waals surface area contributed by atoms with Crippen LogP contribution in [0.2, 0.25) is 0 Å². The van der Waals surface area contributed by atoms with Gasteiger partial charge in [0, 0.05) is 31.5 Å². The maximum Gasteiger partial charge on any atom is 0.243 e. The molecule has 0 aromatic heterocycles. The highest BCUT2D eigenvalue weighted by Crippen LogP contribution is 2.23. The number of rotatable bonds is 14. The summed E-state index contributed by atoms with van der Waals surface area (Å²) in [7, 11) is -2.29. The number of hydrogen-bond acceptors (Lipinski definition) is 9. The average molecular weight is 738 g/mol. The minimum atomic E-state index is -3.90. The van der Waals surface area contributed by atoms with E-state index in [-0.39, 0.29) is 36.9 Å². The number of nitrogens with zero attached hydrogens (tertiary/aromatic N) is 3. The number of aryl methyl sites for hydroxylation is 1. The van der Waals surface area contributed by atoms with E-state index in [4.69, 9.17) is 15.6 Å². The van der Waals surface area contributed by atoms with Crippen molar-refractivity contribution in [3.05, 3.63) is 95.3 Å². The fourth-order valence-corrected chi connectivity index (χ4v) is 6.91. The van der Waals surface area contributed by atoms with Gasteiger partial charge in [-0.05, 0) is 67.1 Å². The Bertz CT molecular complexity index is 1790. The predicted octanol–water partition coefficient (Wildman–Crippen LogP) is 4.57. The molecule has 14 heteroatoms. The zero-order chi connectivity index (χ0) is 38.0. The van der Waals surface area contributed by atoms with E-state index in [1.807, 2.05) is 57.0 Å². The second-order valence-electron chi connectivity index (χ2n) is 11.5. The number of carbonyl (C=O) groups excluding carboxylic acids is 4. The second kappa shape index (κ2) is 21.4. The number of ketones is 1. The van der Waals surface area contributed by atoms with Crippen molar-refractivity contribution in [2.24, 2.45) is 10.7 Å². The van der Waals surface area contributed by atoms with Gasteiger partial charge in [0.25, 0.3) is 0 Å². The van der Waals surface area contributed by atoms with E-state index < -0.39 is 27.9 Å². The van der Waals surface area contributed by atoms with Crippen LogP contribution in [-0.2, 0) is 29.2 Å². The summed E-state index contributed by atoms with van der Waals surface area (Å²) in [6.07, 6.45) is 4.07. The highest BCUT2D eigenvalue weighted by molar-refractivity contribution is 8.06. The van der Waals surface area contributed by atoms with Crippen LogP contribution in [0.5, 0.6) is 5.75 Å². The summed E-state index contributed by atoms with van der Waals surface area (Å²) in [5.41, 5.74) is 6.92. The second-order valence-corrected chi connectivity index (χ2v) is 14.4. The van der Waals surface area contributed by atoms with Crippen molar-refractivity contribution in [3.63, 3.8) is 0 Å². The summed E-state index contributed by atoms with van der Waals surface area (Å²) in [5, 5.41) is 14.9. The van der Waals surface area contributed by atoms with E-state index >= 15 is 0 Å². The van der Waals surface area contributed by atoms with Gasteiger partial charge in [-0.3, -0.25) is 19.4 Å². The van der Waals surface area contributed by atoms with Gasteiger partial charge in [-0.15, -0.1) is 0 Å². The normalized spacial score (nSPS) is 14.2. The molecule has 0 spiro atoms. The van der Waals surface area contributed by atoms with Crippen LogP contribution in [-0.4, -0.2) is 92.2 Å². The number of nitrogens with two attached hydrogens (primary N) is 1. The number of benzene rings is 3. The van der Waals surface area contributed by atoms with Gasteiger partial charge in [-0.25, -0.2) is 8.42 Å². The fraction of sp³-hybridized carbons (Fsp3) is 0.324. The Labute approximate surface area is 304 Å². The van der Waals surface area contributed by atoms with Gasteiger partial charge in [0.1, 0.15) is 12.5 Å². The first kappa shape index (κ1) is 42.4. The third kappa shape index (κ3) is 13.5. The van der Waals surface area contributed by atoms with Crippen molar-refractivity contribution in [2.45, 2.75) is 50.5 Å². The molecule has 1 aliphatic rings. The number of sulfonamides is 1. The molecule has 1 aliphatic heterocycles. The number of thioether (sulfide) groups is 1. The maximum atomic E-state index is 13.3. The Hall–Kier alpha value is -4.79. The van der Waals surface area contributed by atoms with Gasteiger partial charge in [0.2, 0.25) is 21.8 Å². The number of Topliss-reactive ketones (excluding diaryl/α,β-unsaturated/α-hetero) is 1. The molecule has 3 aromatic rings. The molecule has 1 heterocycles. The number of aliphatic imine (C=N–C) groups is 1. The van der Waals surface area contributed by atoms with Crippen LogP contribution in [0, 0.1) is 6.92 Å². The molecule has 274 valence electrons. The number of aromatic hydroxyl groups is 1. The van der Waals surface area contributed by atoms with E-state index in [1.165, 1.54) is 28.3 Å². The molecule has 12 nitrogen and oxygen atoms in total. The third-order valence-electron chi connectivity index (χ3n) is 7.75. The minimum absolute atomic E-state index is 0.0493. The lowest BCUT2D eigenvalue weighted by atomic mass is 10.0. The van der Waals surface area contributed by atoms with E-state index in [2.05, 4.69) is 16.9 Å². The lowest BCUT2D eigenvalue weighted by Gasteiger charge is -2.33. The molecule has 0 radical (unpaired) electrons. The number of carbonyl (C=O) groups is 4. The Morgan fingerprint density at radius 2 is 1.73 bits per heavy atom. The van der Waals surface area contributed by atoms with Gasteiger partial charge in [-0.1, -0.05) is 78.9 Å². The fourth-order valence-electron chi connectivity index (χ4n) is 4.93. The molecule has 1 saturated heterocycles. The molecule has 0 aliphatic carbocycles. The number of piperazine rings is 1. The smallest absolute Gasteiger partial charge is 0.243 e. The molecule has 1 fully saturated rings. The summed E-state index contributed by atoms with van der Waals surface area (Å²) in [6.45, 7) is 9.10. The van der Waals surface area contributed by atoms with Gasteiger partial charge in [0.05, 0.1) is 29.9 Å². The van der Waals surface area contributed by atoms with Crippen LogP contribution in [0.15, 0.2) is 99.6 Å². The number of phenols is 1. The monoisotopic (exact) mass is 737 g/mol. The molecular weight excluding hydrogens is 691 g/mol. The number of phenolic OH excluding ortho intramolecular Hbond substituents is 1. The number of nitrogens with one attached hydrogen (secondary N) is 1. The van der Waals surface area contributed by atoms with Crippen molar-refractivity contribution >= 4 is 62.8 Å². The van der Waals surface area contributed by atoms with Crippen LogP contribution < -0.4 is 11.1 Å². The summed E-state index contributed by atoms with van der Waals surface area (Å²) in [4.78, 5) is 52.5. The molecule has 2 amide bonds. The van der Waals surface area contributed by atoms with Crippen molar-refractivity contribution in [1.82, 2.24) is 14.5 Å². The van der Waals surface area contributed by atoms with Crippen molar-refractivity contribution in [3.8, 4) is 5.75 Å². The molecule has 0 saturated carbocycles. The van der Waals surface area contributed by atoms with Crippen LogP contribution in [0.25, 0.3) is 10.8 Å². The van der Waals surface area contributed by atoms with Crippen LogP contribution >= 0.6 is 11.8 Å². The van der Waals surface area contributed by atoms with Crippen LogP contribution in [0.4, 0.5) is 0 Å². The van der Waals surface area contributed by atoms with E-state index in [9.17, 15) is 22.8 Å². The lowest BCUT2D eigenvalue weighted by molar-refractivity contribution is -0.139. The first-order valence-electron chi connectivity index (χ1n) is 16.2. The van der Waals surface area contributed by atoms with Crippen molar-refractivity contribution in [1.29, 1.82) is 0 Å². The van der Waals surface area contributed by atoms with Crippen LogP contribution in [0.1, 0.15) is 38.2 Å². The summed E-state index contributed by atoms with van der Waals surface area (Å²) >= 11 is 1.18. The third-order valence-corrected chi connectivity index (χ3v) is 10.5. The van der Waals surface area contributed by atoms with Gasteiger partial charge in [0.15, 0.2) is 5.78 Å². The van der Waals surface area contributed by atoms with E-state index in [1.54, 1.807) is 42.8 Å². The Morgan fingerprint density at radius 3 is 2.33 bits per heavy atom. The number of allylic oxidation sites excluding steroid dienone is 1. The van der Waals surface area contributed by atoms with Crippen LogP contribution in [0.3, 0.4) is 0 Å². The molecule has 4 rings (SSSR count). The Morgan fingerprint density at radius 1 is 1.06 bits per heavy atom. The molecule has 51 heavy (non-hydrogen) atoms. The first-order valence-corrected chi connectivity index (χ1v) is 18.5. The Kier molecular flexibility index (Phi) is 17.8.